The molecule has 29 heavy (non-hydrogen) atoms. The molecule has 0 amide bonds. The number of hydrogen-bond donors (Lipinski definition) is 1. The summed E-state index contributed by atoms with van der Waals surface area (Å²) in [6.07, 6.45) is -0.742. The van der Waals surface area contributed by atoms with Crippen LogP contribution in [0.1, 0.15) is 74.7 Å². The normalized spacial score (nSPS) is 13.9. The second-order valence-corrected chi connectivity index (χ2v) is 9.23. The van der Waals surface area contributed by atoms with Crippen LogP contribution >= 0.6 is 0 Å². The zero-order valence-corrected chi connectivity index (χ0v) is 18.8. The summed E-state index contributed by atoms with van der Waals surface area (Å²) in [6.45, 7) is 12.8. The fourth-order valence-corrected chi connectivity index (χ4v) is 2.45. The average molecular weight is 414 g/mol. The molecule has 0 aliphatic carbocycles. The van der Waals surface area contributed by atoms with Gasteiger partial charge >= 0.3 is 11.9 Å². The molecule has 0 rings (SSSR count). The Morgan fingerprint density at radius 2 is 1.28 bits per heavy atom. The summed E-state index contributed by atoms with van der Waals surface area (Å²) in [5.74, 6) is -3.24. The van der Waals surface area contributed by atoms with Crippen LogP contribution < -0.4 is 5.32 Å². The molecule has 0 saturated heterocycles. The number of ketones is 3. The Bertz CT molecular complexity index is 626. The van der Waals surface area contributed by atoms with Crippen molar-refractivity contribution in [1.82, 2.24) is 5.32 Å². The minimum absolute atomic E-state index is 0.0765. The Morgan fingerprint density at radius 3 is 1.69 bits per heavy atom. The van der Waals surface area contributed by atoms with Gasteiger partial charge in [0.2, 0.25) is 0 Å². The number of esters is 2. The molecule has 0 spiro atoms. The Labute approximate surface area is 173 Å². The van der Waals surface area contributed by atoms with E-state index in [9.17, 15) is 24.0 Å². The van der Waals surface area contributed by atoms with E-state index in [1.54, 1.807) is 41.5 Å². The number of Topliss-reactive ketones (excluding diaryl/α,β-unsaturated/α-hetero) is 3. The highest BCUT2D eigenvalue weighted by molar-refractivity contribution is 5.93. The van der Waals surface area contributed by atoms with Crippen molar-refractivity contribution >= 4 is 29.3 Å². The maximum absolute atomic E-state index is 12.8. The van der Waals surface area contributed by atoms with Crippen molar-refractivity contribution in [3.8, 4) is 0 Å². The van der Waals surface area contributed by atoms with Crippen LogP contribution in [0.3, 0.4) is 0 Å². The minimum Gasteiger partial charge on any atom is -0.460 e. The second kappa shape index (κ2) is 11.2. The van der Waals surface area contributed by atoms with Crippen LogP contribution in [0.25, 0.3) is 0 Å². The highest BCUT2D eigenvalue weighted by Gasteiger charge is 2.33. The molecule has 1 N–H and O–H groups in total. The van der Waals surface area contributed by atoms with Gasteiger partial charge in [0, 0.05) is 12.8 Å². The topological polar surface area (TPSA) is 116 Å². The first-order valence-corrected chi connectivity index (χ1v) is 9.70. The lowest BCUT2D eigenvalue weighted by Crippen LogP contribution is -2.42. The summed E-state index contributed by atoms with van der Waals surface area (Å²) in [5, 5.41) is 2.75. The smallest absolute Gasteiger partial charge is 0.310 e. The Balaban J connectivity index is 5.43. The van der Waals surface area contributed by atoms with Crippen molar-refractivity contribution in [2.45, 2.75) is 91.9 Å². The van der Waals surface area contributed by atoms with Crippen LogP contribution in [0, 0.1) is 5.92 Å². The fraction of sp³-hybridized carbons (Fsp3) is 0.762. The molecule has 8 nitrogen and oxygen atoms in total. The lowest BCUT2D eigenvalue weighted by molar-refractivity contribution is -0.168. The molecular formula is C21H35NO7. The molecule has 0 aromatic rings. The molecule has 8 heteroatoms. The number of nitrogens with one attached hydrogen (secondary N) is 1. The number of hydrogen-bond acceptors (Lipinski definition) is 8. The largest absolute Gasteiger partial charge is 0.460 e. The molecule has 2 atom stereocenters. The average Bonchev–Trinajstić information content (AvgIpc) is 2.46. The van der Waals surface area contributed by atoms with Crippen LogP contribution in [-0.4, -0.2) is 53.1 Å². The van der Waals surface area contributed by atoms with E-state index < -0.39 is 40.9 Å². The van der Waals surface area contributed by atoms with Crippen molar-refractivity contribution in [3.63, 3.8) is 0 Å². The van der Waals surface area contributed by atoms with E-state index in [0.29, 0.717) is 0 Å². The second-order valence-electron chi connectivity index (χ2n) is 9.23. The summed E-state index contributed by atoms with van der Waals surface area (Å²) in [7, 11) is 0. The SMILES string of the molecule is CC(=O)CNC(CC(C)=O)C(=O)C[C@@H](CC(=O)OC(C)(C)C)C(=O)OC(C)(C)C. The van der Waals surface area contributed by atoms with Crippen LogP contribution in [0.2, 0.25) is 0 Å². The van der Waals surface area contributed by atoms with Gasteiger partial charge in [0.05, 0.1) is 24.9 Å². The molecule has 0 radical (unpaired) electrons. The third-order valence-electron chi connectivity index (χ3n) is 3.50. The molecule has 0 aliphatic heterocycles. The highest BCUT2D eigenvalue weighted by Crippen LogP contribution is 2.21. The third-order valence-corrected chi connectivity index (χ3v) is 3.50. The Morgan fingerprint density at radius 1 is 0.759 bits per heavy atom. The lowest BCUT2D eigenvalue weighted by atomic mass is 9.93. The van der Waals surface area contributed by atoms with E-state index in [1.807, 2.05) is 0 Å². The molecule has 0 saturated carbocycles. The quantitative estimate of drug-likeness (QED) is 0.512. The molecule has 166 valence electrons. The van der Waals surface area contributed by atoms with Gasteiger partial charge in [-0.2, -0.15) is 0 Å². The summed E-state index contributed by atoms with van der Waals surface area (Å²) in [4.78, 5) is 60.3. The van der Waals surface area contributed by atoms with E-state index in [0.717, 1.165) is 0 Å². The number of carbonyl (C=O) groups is 5. The van der Waals surface area contributed by atoms with Gasteiger partial charge in [-0.15, -0.1) is 0 Å². The third kappa shape index (κ3) is 13.7. The lowest BCUT2D eigenvalue weighted by Gasteiger charge is -2.26. The highest BCUT2D eigenvalue weighted by atomic mass is 16.6. The summed E-state index contributed by atoms with van der Waals surface area (Å²) >= 11 is 0. The van der Waals surface area contributed by atoms with E-state index in [-0.39, 0.29) is 37.4 Å². The molecule has 0 aliphatic rings. The molecule has 0 fully saturated rings. The van der Waals surface area contributed by atoms with Gasteiger partial charge in [0.15, 0.2) is 5.78 Å². The van der Waals surface area contributed by atoms with E-state index in [1.165, 1.54) is 13.8 Å². The number of carbonyl (C=O) groups excluding carboxylic acids is 5. The zero-order chi connectivity index (χ0) is 23.0. The fourth-order valence-electron chi connectivity index (χ4n) is 2.45. The van der Waals surface area contributed by atoms with Crippen molar-refractivity contribution in [2.75, 3.05) is 6.54 Å². The standard InChI is InChI=1S/C21H35NO7/c1-13(23)9-16(22-12-14(2)24)17(25)10-15(19(27)29-21(6,7)8)11-18(26)28-20(3,4)5/h15-16,22H,9-12H2,1-8H3/t15-,16?/m0/s1. The van der Waals surface area contributed by atoms with Gasteiger partial charge in [-0.25, -0.2) is 0 Å². The number of ether oxygens (including phenoxy) is 2. The van der Waals surface area contributed by atoms with Crippen molar-refractivity contribution in [2.24, 2.45) is 5.92 Å². The van der Waals surface area contributed by atoms with Crippen LogP contribution in [-0.2, 0) is 33.4 Å². The van der Waals surface area contributed by atoms with E-state index >= 15 is 0 Å². The van der Waals surface area contributed by atoms with Crippen LogP contribution in [0.4, 0.5) is 0 Å². The van der Waals surface area contributed by atoms with Gasteiger partial charge in [-0.1, -0.05) is 0 Å². The summed E-state index contributed by atoms with van der Waals surface area (Å²) < 4.78 is 10.6. The maximum Gasteiger partial charge on any atom is 0.310 e. The molecule has 0 aromatic heterocycles. The predicted octanol–water partition coefficient (Wildman–Crippen LogP) is 2.16. The van der Waals surface area contributed by atoms with Crippen molar-refractivity contribution in [1.29, 1.82) is 0 Å². The molecule has 0 heterocycles. The summed E-state index contributed by atoms with van der Waals surface area (Å²) in [5.41, 5.74) is -1.53. The Kier molecular flexibility index (Phi) is 10.4. The summed E-state index contributed by atoms with van der Waals surface area (Å²) in [6, 6.07) is -0.917. The van der Waals surface area contributed by atoms with E-state index in [4.69, 9.17) is 9.47 Å². The van der Waals surface area contributed by atoms with Crippen LogP contribution in [0.15, 0.2) is 0 Å². The van der Waals surface area contributed by atoms with Gasteiger partial charge in [0.1, 0.15) is 22.8 Å². The van der Waals surface area contributed by atoms with Crippen molar-refractivity contribution < 1.29 is 33.4 Å². The van der Waals surface area contributed by atoms with Gasteiger partial charge < -0.3 is 14.8 Å². The van der Waals surface area contributed by atoms with Gasteiger partial charge in [0.25, 0.3) is 0 Å². The predicted molar refractivity (Wildman–Crippen MR) is 107 cm³/mol. The van der Waals surface area contributed by atoms with Crippen molar-refractivity contribution in [3.05, 3.63) is 0 Å². The number of rotatable bonds is 11. The first kappa shape index (κ1) is 26.9. The van der Waals surface area contributed by atoms with E-state index in [2.05, 4.69) is 5.32 Å². The van der Waals surface area contributed by atoms with Crippen LogP contribution in [0.5, 0.6) is 0 Å². The monoisotopic (exact) mass is 413 g/mol. The zero-order valence-electron chi connectivity index (χ0n) is 18.8. The molecular weight excluding hydrogens is 378 g/mol. The Hall–Kier alpha value is -2.09. The molecule has 1 unspecified atom stereocenters. The first-order chi connectivity index (χ1) is 13.0. The molecule has 0 bridgehead atoms. The van der Waals surface area contributed by atoms with Gasteiger partial charge in [-0.05, 0) is 55.4 Å². The first-order valence-electron chi connectivity index (χ1n) is 9.70. The molecule has 0 aromatic carbocycles. The van der Waals surface area contributed by atoms with Gasteiger partial charge in [-0.3, -0.25) is 24.0 Å². The minimum atomic E-state index is -1.05. The maximum atomic E-state index is 12.8.